The van der Waals surface area contributed by atoms with Crippen molar-refractivity contribution in [2.45, 2.75) is 143 Å². The molecule has 1 aromatic heterocycles. The Hall–Kier alpha value is -1.47. The first-order chi connectivity index (χ1) is 18.3. The van der Waals surface area contributed by atoms with Gasteiger partial charge in [0.1, 0.15) is 12.2 Å². The molecule has 7 heteroatoms. The standard InChI is InChI=1S/C31H56N3O3S/c1-6-8-10-12-13-14-15-16-17-18-19-23-28(35)37-31(3,4)34(5)24-21-22-27(26-34)29-30(33-38-32-29)36-25-20-11-9-7-2/h22H,6-21,23-26H2,1-5H3/q+1. The highest BCUT2D eigenvalue weighted by molar-refractivity contribution is 6.99. The van der Waals surface area contributed by atoms with Gasteiger partial charge in [0.2, 0.25) is 5.72 Å². The van der Waals surface area contributed by atoms with E-state index < -0.39 is 5.72 Å². The third-order valence-electron chi connectivity index (χ3n) is 8.18. The SMILES string of the molecule is CCCCCCCCCCCCCC(=O)OC(C)(C)[N+]1(C)CCC=C(c2nsnc2OCCCCCC)C1. The van der Waals surface area contributed by atoms with Crippen molar-refractivity contribution in [3.05, 3.63) is 11.8 Å². The molecule has 38 heavy (non-hydrogen) atoms. The number of hydrogen-bond donors (Lipinski definition) is 0. The summed E-state index contributed by atoms with van der Waals surface area (Å²) in [7, 11) is 2.19. The zero-order valence-corrected chi connectivity index (χ0v) is 26.0. The van der Waals surface area contributed by atoms with Crippen molar-refractivity contribution in [2.75, 3.05) is 26.7 Å². The van der Waals surface area contributed by atoms with E-state index >= 15 is 0 Å². The fourth-order valence-corrected chi connectivity index (χ4v) is 5.75. The number of rotatable bonds is 21. The number of likely N-dealkylation sites (N-methyl/N-ethyl adjacent to an activating group) is 1. The summed E-state index contributed by atoms with van der Waals surface area (Å²) in [4.78, 5) is 12.8. The van der Waals surface area contributed by atoms with Crippen LogP contribution >= 0.6 is 11.7 Å². The van der Waals surface area contributed by atoms with E-state index in [1.807, 2.05) is 0 Å². The zero-order valence-electron chi connectivity index (χ0n) is 25.2. The lowest BCUT2D eigenvalue weighted by molar-refractivity contribution is -0.971. The van der Waals surface area contributed by atoms with Crippen molar-refractivity contribution in [1.29, 1.82) is 0 Å². The summed E-state index contributed by atoms with van der Waals surface area (Å²) in [6.45, 7) is 10.9. The van der Waals surface area contributed by atoms with Crippen LogP contribution in [0.25, 0.3) is 5.57 Å². The van der Waals surface area contributed by atoms with E-state index in [0.717, 1.165) is 50.0 Å². The summed E-state index contributed by atoms with van der Waals surface area (Å²) < 4.78 is 21.8. The molecule has 0 radical (unpaired) electrons. The third-order valence-corrected chi connectivity index (χ3v) is 8.69. The Morgan fingerprint density at radius 1 is 0.895 bits per heavy atom. The van der Waals surface area contributed by atoms with E-state index in [4.69, 9.17) is 9.47 Å². The number of carbonyl (C=O) groups excluding carboxylic acids is 1. The van der Waals surface area contributed by atoms with Gasteiger partial charge in [0.15, 0.2) is 0 Å². The third kappa shape index (κ3) is 11.3. The smallest absolute Gasteiger partial charge is 0.310 e. The maximum atomic E-state index is 12.8. The highest BCUT2D eigenvalue weighted by atomic mass is 32.1. The molecule has 0 saturated heterocycles. The van der Waals surface area contributed by atoms with E-state index in [1.165, 1.54) is 88.8 Å². The number of quaternary nitrogens is 1. The fourth-order valence-electron chi connectivity index (χ4n) is 5.22. The maximum Gasteiger partial charge on any atom is 0.310 e. The lowest BCUT2D eigenvalue weighted by atomic mass is 10.0. The molecule has 0 aliphatic carbocycles. The lowest BCUT2D eigenvalue weighted by Crippen LogP contribution is -2.62. The molecule has 0 N–H and O–H groups in total. The molecule has 2 heterocycles. The van der Waals surface area contributed by atoms with Crippen molar-refractivity contribution >= 4 is 23.3 Å². The molecule has 0 saturated carbocycles. The number of aromatic nitrogens is 2. The minimum atomic E-state index is -0.612. The first-order valence-electron chi connectivity index (χ1n) is 15.5. The molecule has 0 spiro atoms. The molecule has 0 bridgehead atoms. The topological polar surface area (TPSA) is 61.3 Å². The summed E-state index contributed by atoms with van der Waals surface area (Å²) in [5.41, 5.74) is 1.39. The van der Waals surface area contributed by atoms with E-state index in [0.29, 0.717) is 23.4 Å². The number of esters is 1. The van der Waals surface area contributed by atoms with Gasteiger partial charge in [0, 0.05) is 32.3 Å². The Morgan fingerprint density at radius 2 is 1.47 bits per heavy atom. The highest BCUT2D eigenvalue weighted by Gasteiger charge is 2.45. The Bertz CT molecular complexity index is 823. The average Bonchev–Trinajstić information content (AvgIpc) is 3.35. The zero-order chi connectivity index (χ0) is 27.7. The Kier molecular flexibility index (Phi) is 15.5. The van der Waals surface area contributed by atoms with Gasteiger partial charge in [0.05, 0.1) is 31.9 Å². The van der Waals surface area contributed by atoms with Crippen LogP contribution in [0.3, 0.4) is 0 Å². The molecular weight excluding hydrogens is 494 g/mol. The van der Waals surface area contributed by atoms with Gasteiger partial charge in [-0.2, -0.15) is 4.37 Å². The molecule has 218 valence electrons. The van der Waals surface area contributed by atoms with E-state index in [-0.39, 0.29) is 5.97 Å². The molecule has 1 aliphatic heterocycles. The molecule has 1 unspecified atom stereocenters. The summed E-state index contributed by atoms with van der Waals surface area (Å²) >= 11 is 1.21. The Balaban J connectivity index is 1.74. The predicted molar refractivity (Wildman–Crippen MR) is 159 cm³/mol. The van der Waals surface area contributed by atoms with Crippen LogP contribution in [0.15, 0.2) is 6.08 Å². The van der Waals surface area contributed by atoms with Crippen molar-refractivity contribution < 1.29 is 18.8 Å². The van der Waals surface area contributed by atoms with Gasteiger partial charge in [-0.25, -0.2) is 0 Å². The molecule has 0 fully saturated rings. The minimum Gasteiger partial charge on any atom is -0.475 e. The summed E-state index contributed by atoms with van der Waals surface area (Å²) in [5.74, 6) is 0.574. The second kappa shape index (κ2) is 18.0. The summed E-state index contributed by atoms with van der Waals surface area (Å²) in [6.07, 6.45) is 22.4. The molecule has 2 rings (SSSR count). The van der Waals surface area contributed by atoms with Crippen LogP contribution in [0.2, 0.25) is 0 Å². The molecule has 1 aromatic rings. The van der Waals surface area contributed by atoms with Crippen LogP contribution < -0.4 is 4.74 Å². The molecule has 6 nitrogen and oxygen atoms in total. The van der Waals surface area contributed by atoms with Crippen LogP contribution in [0.4, 0.5) is 0 Å². The van der Waals surface area contributed by atoms with E-state index in [9.17, 15) is 4.79 Å². The van der Waals surface area contributed by atoms with Gasteiger partial charge in [-0.1, -0.05) is 103 Å². The van der Waals surface area contributed by atoms with Gasteiger partial charge in [-0.3, -0.25) is 9.28 Å². The van der Waals surface area contributed by atoms with Crippen molar-refractivity contribution in [3.63, 3.8) is 0 Å². The number of unbranched alkanes of at least 4 members (excludes halogenated alkanes) is 13. The van der Waals surface area contributed by atoms with Crippen molar-refractivity contribution in [1.82, 2.24) is 8.75 Å². The molecule has 0 aromatic carbocycles. The van der Waals surface area contributed by atoms with Crippen molar-refractivity contribution in [2.24, 2.45) is 0 Å². The second-order valence-electron chi connectivity index (χ2n) is 11.8. The quantitative estimate of drug-likeness (QED) is 0.0870. The Labute approximate surface area is 237 Å². The van der Waals surface area contributed by atoms with Gasteiger partial charge >= 0.3 is 5.97 Å². The summed E-state index contributed by atoms with van der Waals surface area (Å²) in [6, 6.07) is 0. The predicted octanol–water partition coefficient (Wildman–Crippen LogP) is 8.71. The average molecular weight is 551 g/mol. The fraction of sp³-hybridized carbons (Fsp3) is 0.839. The first kappa shape index (κ1) is 32.7. The van der Waals surface area contributed by atoms with Crippen molar-refractivity contribution in [3.8, 4) is 5.88 Å². The normalized spacial score (nSPS) is 17.9. The number of carbonyl (C=O) groups is 1. The molecule has 1 aliphatic rings. The van der Waals surface area contributed by atoms with Crippen LogP contribution in [0, 0.1) is 0 Å². The largest absolute Gasteiger partial charge is 0.475 e. The first-order valence-corrected chi connectivity index (χ1v) is 16.3. The Morgan fingerprint density at radius 3 is 2.11 bits per heavy atom. The van der Waals surface area contributed by atoms with Gasteiger partial charge in [-0.15, -0.1) is 4.37 Å². The summed E-state index contributed by atoms with van der Waals surface area (Å²) in [5, 5.41) is 0. The monoisotopic (exact) mass is 550 g/mol. The molecule has 1 atom stereocenters. The van der Waals surface area contributed by atoms with Gasteiger partial charge < -0.3 is 9.47 Å². The van der Waals surface area contributed by atoms with Crippen LogP contribution in [-0.2, 0) is 9.53 Å². The highest BCUT2D eigenvalue weighted by Crippen LogP contribution is 2.35. The maximum absolute atomic E-state index is 12.8. The molecular formula is C31H56N3O3S+. The van der Waals surface area contributed by atoms with E-state index in [2.05, 4.69) is 49.6 Å². The number of ether oxygens (including phenoxy) is 2. The number of hydrogen-bond acceptors (Lipinski definition) is 6. The van der Waals surface area contributed by atoms with Crippen LogP contribution in [0.1, 0.15) is 143 Å². The van der Waals surface area contributed by atoms with Gasteiger partial charge in [-0.05, 0) is 12.8 Å². The van der Waals surface area contributed by atoms with E-state index in [1.54, 1.807) is 0 Å². The second-order valence-corrected chi connectivity index (χ2v) is 12.4. The van der Waals surface area contributed by atoms with Crippen LogP contribution in [-0.4, -0.2) is 51.7 Å². The minimum absolute atomic E-state index is 0.0761. The van der Waals surface area contributed by atoms with Crippen LogP contribution in [0.5, 0.6) is 5.88 Å². The number of nitrogens with zero attached hydrogens (tertiary/aromatic N) is 3. The van der Waals surface area contributed by atoms with Gasteiger partial charge in [0.25, 0.3) is 5.88 Å². The lowest BCUT2D eigenvalue weighted by Gasteiger charge is -2.47. The molecule has 0 amide bonds.